The lowest BCUT2D eigenvalue weighted by Crippen LogP contribution is -2.45. The molecule has 3 aromatic carbocycles. The zero-order chi connectivity index (χ0) is 93.5. The van der Waals surface area contributed by atoms with Crippen molar-refractivity contribution in [3.8, 4) is 40.0 Å². The highest BCUT2D eigenvalue weighted by Gasteiger charge is 2.64. The standard InChI is InChI=1S/C45H57ClN4O10.C34H44BrNO9S.C18H20ClN3O4.CH4/c1-25(2)47-44-49-34(24-58-44)33-20-38(32-11-12-37(57-14-13-56-3)40(46)41(32)48-33)59-31-19-35-36(51)22-45(43(54)55)21-29(45)10-8-6-4-5-7-9-26(42(53)50(35)23-31)18-39(52)60-30-16-27-15-28(27)17-30;1-43-33(40)34-18-24(34)8-6-4-2-3-5-7-21(16-31(38)44-26-14-22-13-23(22)15-26)32(39)36-20-27(17-29(36)30(37)19-34)45-46(41,42)28-11-9-25(35)10-12-28;1-10(2)20-18-22-13(9-26-18)12-8-14(23)11-4-5-15(25-7-6-24-3)16(19)17(11)21-12;/h11-12,20,24-31,35H,4-10,13-19,21-23H2,1-3H3,(H,47,49)(H,54,55);9-12,21-24,26-27,29H,2-8,13-20H2,1H3;4-5,8-10H,6-7H2,1-3H3,(H,20,22)(H,21,23);1H4/t26-,27-,28+,29-,30?,31-,35+,45-;21-,22-,23+,24-,26?,27+,29+,34-;;/m11../s1. The fraction of sp³-hybridized carbons (Fsp3) is 0.612. The number of Topliss-reactive ketones (excluding diaryl/α,β-unsaturated/α-hetero) is 2. The largest absolute Gasteiger partial charge is 0.490 e. The monoisotopic (exact) mass is 1960 g/mol. The highest BCUT2D eigenvalue weighted by molar-refractivity contribution is 9.10. The van der Waals surface area contributed by atoms with Crippen LogP contribution in [0.4, 0.5) is 12.0 Å². The van der Waals surface area contributed by atoms with Crippen molar-refractivity contribution in [3.63, 3.8) is 0 Å². The van der Waals surface area contributed by atoms with Gasteiger partial charge in [0.25, 0.3) is 22.1 Å². The molecule has 7 aromatic rings. The van der Waals surface area contributed by atoms with Gasteiger partial charge < -0.3 is 77.3 Å². The van der Waals surface area contributed by atoms with Crippen LogP contribution in [0.2, 0.25) is 10.0 Å². The van der Waals surface area contributed by atoms with E-state index in [0.717, 1.165) is 103 Å². The summed E-state index contributed by atoms with van der Waals surface area (Å²) in [5.74, 6) is -0.979. The molecule has 10 fully saturated rings. The number of ether oxygens (including phenoxy) is 8. The van der Waals surface area contributed by atoms with Gasteiger partial charge in [-0.15, -0.1) is 0 Å². The van der Waals surface area contributed by atoms with E-state index in [1.807, 2.05) is 27.7 Å². The van der Waals surface area contributed by atoms with Crippen molar-refractivity contribution in [2.45, 2.75) is 268 Å². The van der Waals surface area contributed by atoms with Crippen molar-refractivity contribution in [2.75, 3.05) is 71.5 Å². The Hall–Kier alpha value is -9.25. The topological polar surface area (TPSA) is 402 Å². The van der Waals surface area contributed by atoms with Crippen LogP contribution in [-0.2, 0) is 76.3 Å². The summed E-state index contributed by atoms with van der Waals surface area (Å²) in [6.45, 7) is 9.27. The van der Waals surface area contributed by atoms with Gasteiger partial charge in [0.1, 0.15) is 82.7 Å². The molecule has 8 heterocycles. The number of rotatable bonds is 27. The first-order valence-corrected chi connectivity index (χ1v) is 49.8. The summed E-state index contributed by atoms with van der Waals surface area (Å²) >= 11 is 16.7. The summed E-state index contributed by atoms with van der Waals surface area (Å²) in [5, 5.41) is 18.3. The lowest BCUT2D eigenvalue weighted by Gasteiger charge is -2.29. The van der Waals surface area contributed by atoms with Crippen LogP contribution < -0.4 is 30.3 Å². The number of esters is 3. The number of oxazole rings is 2. The second kappa shape index (κ2) is 43.8. The van der Waals surface area contributed by atoms with Crippen LogP contribution in [0.5, 0.6) is 17.2 Å². The predicted octanol–water partition coefficient (Wildman–Crippen LogP) is 17.6. The first-order chi connectivity index (χ1) is 63.4. The van der Waals surface area contributed by atoms with Gasteiger partial charge >= 0.3 is 23.9 Å². The van der Waals surface area contributed by atoms with Crippen LogP contribution in [0.25, 0.3) is 44.6 Å². The number of aliphatic carboxylic acids is 1. The predicted molar refractivity (Wildman–Crippen MR) is 499 cm³/mol. The molecule has 6 saturated carbocycles. The van der Waals surface area contributed by atoms with E-state index in [-0.39, 0.29) is 146 Å². The number of carboxylic acid groups (broad SMARTS) is 1. The number of aromatic amines is 1. The lowest BCUT2D eigenvalue weighted by molar-refractivity contribution is -0.155. The van der Waals surface area contributed by atoms with E-state index in [0.29, 0.717) is 153 Å². The number of halogens is 3. The number of carbonyl (C=O) groups excluding carboxylic acids is 7. The van der Waals surface area contributed by atoms with Gasteiger partial charge in [0.2, 0.25) is 11.8 Å². The van der Waals surface area contributed by atoms with Crippen molar-refractivity contribution in [3.05, 3.63) is 97.9 Å². The van der Waals surface area contributed by atoms with Crippen molar-refractivity contribution in [1.82, 2.24) is 29.7 Å². The molecule has 4 N–H and O–H groups in total. The summed E-state index contributed by atoms with van der Waals surface area (Å²) in [4.78, 5) is 142. The maximum atomic E-state index is 14.8. The number of nitrogens with one attached hydrogen (secondary N) is 3. The molecule has 17 rings (SSSR count). The summed E-state index contributed by atoms with van der Waals surface area (Å²) in [5.41, 5.74) is 0.524. The van der Waals surface area contributed by atoms with Crippen LogP contribution in [0.3, 0.4) is 0 Å². The Morgan fingerprint density at radius 1 is 0.564 bits per heavy atom. The number of hydrogen-bond donors (Lipinski definition) is 4. The molecule has 35 heteroatoms. The molecule has 0 bridgehead atoms. The molecule has 4 saturated heterocycles. The van der Waals surface area contributed by atoms with E-state index in [1.165, 1.54) is 55.6 Å². The summed E-state index contributed by atoms with van der Waals surface area (Å²) in [6.07, 6.45) is 19.4. The van der Waals surface area contributed by atoms with Gasteiger partial charge in [-0.25, -0.2) is 4.98 Å². The van der Waals surface area contributed by atoms with Crippen LogP contribution in [0.15, 0.2) is 96.2 Å². The van der Waals surface area contributed by atoms with E-state index < -0.39 is 75.0 Å². The minimum atomic E-state index is -4.19. The van der Waals surface area contributed by atoms with Gasteiger partial charge in [-0.2, -0.15) is 18.4 Å². The number of aromatic nitrogens is 4. The fourth-order valence-electron chi connectivity index (χ4n) is 20.6. The third-order valence-electron chi connectivity index (χ3n) is 27.9. The number of amides is 2. The number of carboxylic acids is 1. The van der Waals surface area contributed by atoms with Gasteiger partial charge in [0.05, 0.1) is 96.0 Å². The van der Waals surface area contributed by atoms with Crippen molar-refractivity contribution in [2.24, 2.45) is 58.2 Å². The van der Waals surface area contributed by atoms with E-state index in [9.17, 15) is 56.7 Å². The van der Waals surface area contributed by atoms with Crippen molar-refractivity contribution < 1.29 is 103 Å². The SMILES string of the molecule is C.COC(=O)[C@]12CC(=O)[C@@H]3C[C@H](OS(=O)(=O)c4ccc(Br)cc4)CN3C(=O)[C@@H](CC(=O)OC3C[C@@H]4C[C@@H]4C3)CCCCCCC[C@@H]1C2.COCCOc1ccc2c(=O)cc(-c3coc(NC(C)C)n3)[nH]c2c1Cl.COCCOc1ccc2c(O[C@@H]3C[C@H]4C(=O)C[C@]5(C(=O)O)C[C@H]5CCCCCCC[C@H](CC(=O)OC5C[C@@H]6C[C@@H]6C5)C(=O)N4C3)cc(-c3coc(NC(C)C)n3)nc2c1Cl. The minimum Gasteiger partial charge on any atom is -0.490 e. The number of methoxy groups -OCH3 is 3. The zero-order valence-electron chi connectivity index (χ0n) is 75.9. The molecule has 4 aliphatic heterocycles. The Balaban J connectivity index is 0.000000172. The third-order valence-corrected chi connectivity index (χ3v) is 30.5. The number of ketones is 2. The Bertz CT molecular complexity index is 5520. The smallest absolute Gasteiger partial charge is 0.312 e. The quantitative estimate of drug-likeness (QED) is 0.0161. The maximum absolute atomic E-state index is 14.8. The lowest BCUT2D eigenvalue weighted by atomic mass is 9.90. The summed E-state index contributed by atoms with van der Waals surface area (Å²) in [7, 11) is 0.308. The van der Waals surface area contributed by atoms with Gasteiger partial charge in [-0.05, 0) is 189 Å². The molecule has 31 nitrogen and oxygen atoms in total. The minimum absolute atomic E-state index is 0. The van der Waals surface area contributed by atoms with Gasteiger partial charge in [0.15, 0.2) is 17.0 Å². The Kier molecular flexibility index (Phi) is 32.9. The van der Waals surface area contributed by atoms with Gasteiger partial charge in [0, 0.05) is 97.7 Å². The number of carbonyl (C=O) groups is 8. The number of nitrogens with zero attached hydrogens (tertiary/aromatic N) is 5. The fourth-order valence-corrected chi connectivity index (χ4v) is 22.5. The number of benzene rings is 3. The molecule has 6 aliphatic carbocycles. The zero-order valence-corrected chi connectivity index (χ0v) is 79.8. The number of fused-ring (bicyclic) bond motifs is 8. The Morgan fingerprint density at radius 2 is 1.05 bits per heavy atom. The molecule has 0 spiro atoms. The Morgan fingerprint density at radius 3 is 1.58 bits per heavy atom. The summed E-state index contributed by atoms with van der Waals surface area (Å²) in [6, 6.07) is 15.2. The van der Waals surface area contributed by atoms with E-state index in [1.54, 1.807) is 61.6 Å². The van der Waals surface area contributed by atoms with E-state index in [2.05, 4.69) is 41.5 Å². The normalized spacial score (nSPS) is 27.5. The average Bonchev–Trinajstić information content (AvgIpc) is 1.59. The molecule has 2 amide bonds. The molecule has 16 atom stereocenters. The summed E-state index contributed by atoms with van der Waals surface area (Å²) < 4.78 is 89.1. The second-order valence-corrected chi connectivity index (χ2v) is 41.4. The van der Waals surface area contributed by atoms with E-state index >= 15 is 0 Å². The number of anilines is 2. The van der Waals surface area contributed by atoms with Crippen LogP contribution in [-0.4, -0.2) is 200 Å². The molecule has 4 aromatic heterocycles. The molecule has 0 radical (unpaired) electrons. The Labute approximate surface area is 793 Å². The van der Waals surface area contributed by atoms with Crippen LogP contribution in [0, 0.1) is 58.2 Å². The molecular formula is C98H125BrCl2N8O23S. The van der Waals surface area contributed by atoms with Crippen molar-refractivity contribution >= 4 is 130 Å². The van der Waals surface area contributed by atoms with Crippen molar-refractivity contribution in [1.29, 1.82) is 0 Å². The van der Waals surface area contributed by atoms with Gasteiger partial charge in [-0.1, -0.05) is 111 Å². The van der Waals surface area contributed by atoms with Crippen LogP contribution >= 0.6 is 39.1 Å². The first-order valence-electron chi connectivity index (χ1n) is 46.8. The maximum Gasteiger partial charge on any atom is 0.312 e. The number of pyridine rings is 2. The molecular weight excluding hydrogens is 1840 g/mol. The molecule has 10 aliphatic rings. The second-order valence-electron chi connectivity index (χ2n) is 38.2. The third kappa shape index (κ3) is 24.2. The average molecular weight is 1970 g/mol. The molecule has 2 unspecified atom stereocenters. The van der Waals surface area contributed by atoms with Gasteiger partial charge in [-0.3, -0.25) is 47.3 Å². The highest BCUT2D eigenvalue weighted by atomic mass is 79.9. The van der Waals surface area contributed by atoms with Crippen LogP contribution in [0.1, 0.15) is 215 Å². The number of hydrogen-bond acceptors (Lipinski definition) is 27. The van der Waals surface area contributed by atoms with E-state index in [4.69, 9.17) is 79.1 Å². The highest BCUT2D eigenvalue weighted by Crippen LogP contribution is 2.61. The number of H-pyrrole nitrogens is 1. The first kappa shape index (κ1) is 99.7. The molecule has 722 valence electrons. The molecule has 133 heavy (non-hydrogen) atoms.